The van der Waals surface area contributed by atoms with Crippen LogP contribution in [0.2, 0.25) is 0 Å². The molecule has 0 atom stereocenters. The summed E-state index contributed by atoms with van der Waals surface area (Å²) in [5.41, 5.74) is 6.50. The number of hydrogen-bond donors (Lipinski definition) is 3. The standard InChI is InChI=1S/C13H17N3S/c14-12(15)7-3-4-8-17-13-9-10-5-1-2-6-11(10)16-13/h1-2,5-6,9,16H,3-4,7-8H2,(H3,14,15). The first-order chi connectivity index (χ1) is 8.25. The lowest BCUT2D eigenvalue weighted by atomic mass is 10.2. The second-order valence-electron chi connectivity index (χ2n) is 4.05. The predicted molar refractivity (Wildman–Crippen MR) is 74.8 cm³/mol. The summed E-state index contributed by atoms with van der Waals surface area (Å²) in [6, 6.07) is 10.5. The van der Waals surface area contributed by atoms with Crippen LogP contribution in [0.1, 0.15) is 19.3 Å². The Bertz CT molecular complexity index is 471. The van der Waals surface area contributed by atoms with Gasteiger partial charge in [-0.05, 0) is 30.7 Å². The van der Waals surface area contributed by atoms with Crippen LogP contribution in [0.4, 0.5) is 0 Å². The van der Waals surface area contributed by atoms with Crippen molar-refractivity contribution in [3.05, 3.63) is 30.3 Å². The summed E-state index contributed by atoms with van der Waals surface area (Å²) in [7, 11) is 0. The summed E-state index contributed by atoms with van der Waals surface area (Å²) in [5.74, 6) is 1.36. The fourth-order valence-corrected chi connectivity index (χ4v) is 2.68. The quantitative estimate of drug-likeness (QED) is 0.317. The van der Waals surface area contributed by atoms with Crippen LogP contribution in [0.25, 0.3) is 10.9 Å². The zero-order chi connectivity index (χ0) is 12.1. The van der Waals surface area contributed by atoms with Crippen molar-refractivity contribution in [1.29, 1.82) is 5.41 Å². The summed E-state index contributed by atoms with van der Waals surface area (Å²) in [6.45, 7) is 0. The maximum atomic E-state index is 7.13. The normalized spacial score (nSPS) is 10.8. The van der Waals surface area contributed by atoms with E-state index in [9.17, 15) is 0 Å². The van der Waals surface area contributed by atoms with Gasteiger partial charge in [0.2, 0.25) is 0 Å². The molecule has 2 rings (SSSR count). The number of aromatic nitrogens is 1. The van der Waals surface area contributed by atoms with Gasteiger partial charge >= 0.3 is 0 Å². The molecule has 0 unspecified atom stereocenters. The van der Waals surface area contributed by atoms with E-state index in [1.807, 2.05) is 17.8 Å². The van der Waals surface area contributed by atoms with E-state index in [0.29, 0.717) is 12.3 Å². The monoisotopic (exact) mass is 247 g/mol. The van der Waals surface area contributed by atoms with Gasteiger partial charge in [0.1, 0.15) is 0 Å². The number of nitrogens with two attached hydrogens (primary N) is 1. The SMILES string of the molecule is N=C(N)CCCCSc1cc2ccccc2[nH]1. The molecule has 1 heterocycles. The number of benzene rings is 1. The Hall–Kier alpha value is -1.42. The second-order valence-corrected chi connectivity index (χ2v) is 5.19. The summed E-state index contributed by atoms with van der Waals surface area (Å²) in [5, 5.41) is 9.61. The molecule has 4 N–H and O–H groups in total. The van der Waals surface area contributed by atoms with Crippen molar-refractivity contribution in [2.24, 2.45) is 5.73 Å². The number of unbranched alkanes of at least 4 members (excludes halogenated alkanes) is 1. The predicted octanol–water partition coefficient (Wildman–Crippen LogP) is 3.37. The first-order valence-corrected chi connectivity index (χ1v) is 6.78. The number of fused-ring (bicyclic) bond motifs is 1. The van der Waals surface area contributed by atoms with Gasteiger partial charge in [-0.25, -0.2) is 0 Å². The number of H-pyrrole nitrogens is 1. The lowest BCUT2D eigenvalue weighted by Crippen LogP contribution is -2.08. The van der Waals surface area contributed by atoms with Gasteiger partial charge in [0.25, 0.3) is 0 Å². The van der Waals surface area contributed by atoms with Crippen LogP contribution in [-0.2, 0) is 0 Å². The number of nitrogens with one attached hydrogen (secondary N) is 2. The Morgan fingerprint density at radius 2 is 2.12 bits per heavy atom. The minimum atomic E-state index is 0.292. The van der Waals surface area contributed by atoms with Crippen molar-refractivity contribution in [2.45, 2.75) is 24.3 Å². The van der Waals surface area contributed by atoms with E-state index in [0.717, 1.165) is 18.6 Å². The molecule has 0 saturated carbocycles. The molecular weight excluding hydrogens is 230 g/mol. The van der Waals surface area contributed by atoms with Crippen LogP contribution in [0.3, 0.4) is 0 Å². The smallest absolute Gasteiger partial charge is 0.0905 e. The molecule has 0 saturated heterocycles. The molecule has 4 heteroatoms. The Balaban J connectivity index is 1.81. The van der Waals surface area contributed by atoms with Crippen molar-refractivity contribution in [3.63, 3.8) is 0 Å². The van der Waals surface area contributed by atoms with Gasteiger partial charge < -0.3 is 10.7 Å². The highest BCUT2D eigenvalue weighted by molar-refractivity contribution is 7.99. The van der Waals surface area contributed by atoms with Gasteiger partial charge in [0, 0.05) is 17.3 Å². The molecule has 0 aliphatic carbocycles. The maximum absolute atomic E-state index is 7.13. The number of hydrogen-bond acceptors (Lipinski definition) is 2. The van der Waals surface area contributed by atoms with Crippen molar-refractivity contribution in [3.8, 4) is 0 Å². The third-order valence-corrected chi connectivity index (χ3v) is 3.63. The van der Waals surface area contributed by atoms with Crippen LogP contribution in [0.15, 0.2) is 35.4 Å². The lowest BCUT2D eigenvalue weighted by Gasteiger charge is -1.99. The molecule has 0 radical (unpaired) electrons. The molecule has 0 amide bonds. The zero-order valence-corrected chi connectivity index (χ0v) is 10.5. The average molecular weight is 247 g/mol. The number of rotatable bonds is 6. The van der Waals surface area contributed by atoms with E-state index in [1.54, 1.807) is 0 Å². The molecule has 0 spiro atoms. The van der Waals surface area contributed by atoms with Crippen LogP contribution >= 0.6 is 11.8 Å². The number of aromatic amines is 1. The number of thioether (sulfide) groups is 1. The average Bonchev–Trinajstić information content (AvgIpc) is 2.70. The minimum absolute atomic E-state index is 0.292. The highest BCUT2D eigenvalue weighted by Gasteiger charge is 2.00. The van der Waals surface area contributed by atoms with Crippen molar-refractivity contribution in [1.82, 2.24) is 4.98 Å². The molecule has 17 heavy (non-hydrogen) atoms. The van der Waals surface area contributed by atoms with Crippen LogP contribution in [0.5, 0.6) is 0 Å². The largest absolute Gasteiger partial charge is 0.388 e. The molecule has 90 valence electrons. The van der Waals surface area contributed by atoms with E-state index in [-0.39, 0.29) is 0 Å². The molecule has 1 aromatic carbocycles. The van der Waals surface area contributed by atoms with E-state index in [4.69, 9.17) is 11.1 Å². The molecule has 2 aromatic rings. The zero-order valence-electron chi connectivity index (χ0n) is 9.70. The summed E-state index contributed by atoms with van der Waals surface area (Å²) >= 11 is 1.83. The third-order valence-electron chi connectivity index (χ3n) is 2.60. The van der Waals surface area contributed by atoms with Gasteiger partial charge in [-0.1, -0.05) is 18.2 Å². The molecular formula is C13H17N3S. The van der Waals surface area contributed by atoms with Gasteiger partial charge in [0.15, 0.2) is 0 Å². The molecule has 3 nitrogen and oxygen atoms in total. The fourth-order valence-electron chi connectivity index (χ4n) is 1.72. The van der Waals surface area contributed by atoms with Crippen LogP contribution in [-0.4, -0.2) is 16.6 Å². The van der Waals surface area contributed by atoms with Crippen molar-refractivity contribution in [2.75, 3.05) is 5.75 Å². The summed E-state index contributed by atoms with van der Waals surface area (Å²) in [6.07, 6.45) is 2.81. The van der Waals surface area contributed by atoms with Crippen molar-refractivity contribution >= 4 is 28.5 Å². The Kier molecular flexibility index (Phi) is 4.09. The second kappa shape index (κ2) is 5.77. The topological polar surface area (TPSA) is 65.7 Å². The van der Waals surface area contributed by atoms with E-state index in [1.165, 1.54) is 15.9 Å². The van der Waals surface area contributed by atoms with Gasteiger partial charge in [-0.2, -0.15) is 0 Å². The number of para-hydroxylation sites is 1. The molecule has 0 aliphatic heterocycles. The Morgan fingerprint density at radius 3 is 2.88 bits per heavy atom. The Labute approximate surface area is 105 Å². The van der Waals surface area contributed by atoms with E-state index >= 15 is 0 Å². The highest BCUT2D eigenvalue weighted by Crippen LogP contribution is 2.23. The summed E-state index contributed by atoms with van der Waals surface area (Å²) < 4.78 is 0. The minimum Gasteiger partial charge on any atom is -0.388 e. The third kappa shape index (κ3) is 3.53. The van der Waals surface area contributed by atoms with Crippen LogP contribution < -0.4 is 5.73 Å². The van der Waals surface area contributed by atoms with Gasteiger partial charge in [-0.3, -0.25) is 5.41 Å². The number of amidine groups is 1. The van der Waals surface area contributed by atoms with Crippen molar-refractivity contribution < 1.29 is 0 Å². The molecule has 1 aromatic heterocycles. The molecule has 0 aliphatic rings. The first-order valence-electron chi connectivity index (χ1n) is 5.79. The molecule has 0 bridgehead atoms. The summed E-state index contributed by atoms with van der Waals surface area (Å²) in [4.78, 5) is 3.39. The molecule has 0 fully saturated rings. The van der Waals surface area contributed by atoms with E-state index in [2.05, 4.69) is 29.2 Å². The Morgan fingerprint density at radius 1 is 1.29 bits per heavy atom. The highest BCUT2D eigenvalue weighted by atomic mass is 32.2. The van der Waals surface area contributed by atoms with Crippen LogP contribution in [0, 0.1) is 5.41 Å². The van der Waals surface area contributed by atoms with Gasteiger partial charge in [0.05, 0.1) is 10.9 Å². The fraction of sp³-hybridized carbons (Fsp3) is 0.308. The first kappa shape index (κ1) is 12.0. The lowest BCUT2D eigenvalue weighted by molar-refractivity contribution is 0.836. The maximum Gasteiger partial charge on any atom is 0.0905 e. The van der Waals surface area contributed by atoms with Gasteiger partial charge in [-0.15, -0.1) is 11.8 Å². The van der Waals surface area contributed by atoms with E-state index < -0.39 is 0 Å².